The van der Waals surface area contributed by atoms with E-state index < -0.39 is 12.8 Å². The second kappa shape index (κ2) is 9.64. The summed E-state index contributed by atoms with van der Waals surface area (Å²) in [5, 5.41) is 2.78. The summed E-state index contributed by atoms with van der Waals surface area (Å²) in [4.78, 5) is 17.0. The minimum absolute atomic E-state index is 0.109. The Bertz CT molecular complexity index is 1200. The number of hydrogen-bond acceptors (Lipinski definition) is 4. The molecule has 1 amide bonds. The molecule has 2 heterocycles. The molecule has 4 aromatic rings. The smallest absolute Gasteiger partial charge is 0.422 e. The zero-order valence-corrected chi connectivity index (χ0v) is 17.4. The molecule has 0 saturated heterocycles. The third-order valence-corrected chi connectivity index (χ3v) is 4.68. The molecule has 4 rings (SSSR count). The van der Waals surface area contributed by atoms with Gasteiger partial charge in [0, 0.05) is 24.5 Å². The molecule has 0 unspecified atom stereocenters. The predicted octanol–water partition coefficient (Wildman–Crippen LogP) is 4.78. The molecule has 0 bridgehead atoms. The average molecular weight is 455 g/mol. The maximum atomic E-state index is 12.5. The molecule has 1 N–H and O–H groups in total. The molecule has 170 valence electrons. The Hall–Kier alpha value is -4.01. The fourth-order valence-corrected chi connectivity index (χ4v) is 3.09. The first kappa shape index (κ1) is 22.2. The molecule has 2 aromatic heterocycles. The van der Waals surface area contributed by atoms with Gasteiger partial charge in [0.2, 0.25) is 0 Å². The first-order valence-corrected chi connectivity index (χ1v) is 10.1. The Balaban J connectivity index is 1.30. The molecule has 2 aromatic carbocycles. The lowest BCUT2D eigenvalue weighted by Crippen LogP contribution is -2.22. The van der Waals surface area contributed by atoms with E-state index in [0.717, 1.165) is 16.9 Å². The Morgan fingerprint density at radius 1 is 0.970 bits per heavy atom. The lowest BCUT2D eigenvalue weighted by molar-refractivity contribution is -0.153. The van der Waals surface area contributed by atoms with Gasteiger partial charge in [-0.05, 0) is 48.0 Å². The van der Waals surface area contributed by atoms with Gasteiger partial charge in [-0.1, -0.05) is 24.3 Å². The van der Waals surface area contributed by atoms with Crippen molar-refractivity contribution in [2.75, 3.05) is 6.61 Å². The van der Waals surface area contributed by atoms with E-state index in [1.165, 1.54) is 12.1 Å². The number of carbonyl (C=O) groups excluding carboxylic acids is 1. The number of carbonyl (C=O) groups is 1. The van der Waals surface area contributed by atoms with Crippen molar-refractivity contribution in [2.45, 2.75) is 19.3 Å². The van der Waals surface area contributed by atoms with Crippen LogP contribution < -0.4 is 14.8 Å². The van der Waals surface area contributed by atoms with Crippen molar-refractivity contribution in [3.8, 4) is 11.5 Å². The van der Waals surface area contributed by atoms with Crippen molar-refractivity contribution in [3.63, 3.8) is 0 Å². The number of benzene rings is 2. The molecule has 0 aliphatic carbocycles. The van der Waals surface area contributed by atoms with Gasteiger partial charge in [0.15, 0.2) is 6.61 Å². The number of ether oxygens (including phenoxy) is 2. The summed E-state index contributed by atoms with van der Waals surface area (Å²) in [7, 11) is 0. The molecule has 0 saturated carbocycles. The zero-order valence-electron chi connectivity index (χ0n) is 17.4. The summed E-state index contributed by atoms with van der Waals surface area (Å²) in [5.41, 5.74) is 2.73. The van der Waals surface area contributed by atoms with Crippen LogP contribution in [0.25, 0.3) is 5.65 Å². The van der Waals surface area contributed by atoms with E-state index in [1.54, 1.807) is 36.4 Å². The third-order valence-electron chi connectivity index (χ3n) is 4.68. The number of alkyl halides is 3. The van der Waals surface area contributed by atoms with E-state index in [2.05, 4.69) is 15.0 Å². The van der Waals surface area contributed by atoms with Crippen LogP contribution in [0.4, 0.5) is 13.2 Å². The minimum atomic E-state index is -4.39. The van der Waals surface area contributed by atoms with Crippen LogP contribution >= 0.6 is 0 Å². The summed E-state index contributed by atoms with van der Waals surface area (Å²) in [6, 6.07) is 18.6. The largest absolute Gasteiger partial charge is 0.487 e. The van der Waals surface area contributed by atoms with Gasteiger partial charge in [-0.3, -0.25) is 4.79 Å². The van der Waals surface area contributed by atoms with Crippen LogP contribution in [0.3, 0.4) is 0 Å². The van der Waals surface area contributed by atoms with Gasteiger partial charge in [0.1, 0.15) is 23.8 Å². The number of imidazole rings is 1. The third kappa shape index (κ3) is 6.25. The summed E-state index contributed by atoms with van der Waals surface area (Å²) < 4.78 is 49.0. The van der Waals surface area contributed by atoms with Crippen LogP contribution in [-0.4, -0.2) is 28.1 Å². The Labute approximate surface area is 187 Å². The maximum Gasteiger partial charge on any atom is 0.422 e. The van der Waals surface area contributed by atoms with Crippen LogP contribution in [0, 0.1) is 0 Å². The number of nitrogens with zero attached hydrogens (tertiary/aromatic N) is 2. The Morgan fingerprint density at radius 3 is 2.55 bits per heavy atom. The zero-order chi connectivity index (χ0) is 23.3. The monoisotopic (exact) mass is 455 g/mol. The summed E-state index contributed by atoms with van der Waals surface area (Å²) in [6.07, 6.45) is -0.608. The highest BCUT2D eigenvalue weighted by Crippen LogP contribution is 2.19. The van der Waals surface area contributed by atoms with Crippen molar-refractivity contribution in [1.29, 1.82) is 0 Å². The molecule has 0 radical (unpaired) electrons. The number of pyridine rings is 1. The summed E-state index contributed by atoms with van der Waals surface area (Å²) in [5.74, 6) is 0.342. The lowest BCUT2D eigenvalue weighted by atomic mass is 10.2. The molecular formula is C24H20F3N3O3. The van der Waals surface area contributed by atoms with E-state index in [9.17, 15) is 18.0 Å². The standard InChI is InChI=1S/C24H20F3N3O3/c25-24(26,27)16-33-20-9-7-17(8-10-20)13-28-23(31)18-4-3-5-21(12-18)32-15-19-14-30-11-2-1-6-22(30)29-19/h1-12,14H,13,15-16H2,(H,28,31). The van der Waals surface area contributed by atoms with Crippen LogP contribution in [0.5, 0.6) is 11.5 Å². The number of hydrogen-bond donors (Lipinski definition) is 1. The van der Waals surface area contributed by atoms with Gasteiger partial charge in [-0.25, -0.2) is 4.98 Å². The number of nitrogens with one attached hydrogen (secondary N) is 1. The van der Waals surface area contributed by atoms with Crippen molar-refractivity contribution >= 4 is 11.6 Å². The molecule has 0 aliphatic heterocycles. The molecule has 0 aliphatic rings. The fourth-order valence-electron chi connectivity index (χ4n) is 3.09. The highest BCUT2D eigenvalue weighted by molar-refractivity contribution is 5.94. The van der Waals surface area contributed by atoms with Crippen molar-refractivity contribution in [3.05, 3.63) is 95.9 Å². The van der Waals surface area contributed by atoms with E-state index >= 15 is 0 Å². The number of fused-ring (bicyclic) bond motifs is 1. The van der Waals surface area contributed by atoms with Crippen LogP contribution in [0.2, 0.25) is 0 Å². The van der Waals surface area contributed by atoms with Gasteiger partial charge in [0.25, 0.3) is 5.91 Å². The number of rotatable bonds is 8. The molecule has 0 spiro atoms. The second-order valence-corrected chi connectivity index (χ2v) is 7.25. The SMILES string of the molecule is O=C(NCc1ccc(OCC(F)(F)F)cc1)c1cccc(OCc2cn3ccccc3n2)c1. The Morgan fingerprint density at radius 2 is 1.79 bits per heavy atom. The molecule has 6 nitrogen and oxygen atoms in total. The van der Waals surface area contributed by atoms with Crippen LogP contribution in [0.1, 0.15) is 21.6 Å². The quantitative estimate of drug-likeness (QED) is 0.415. The lowest BCUT2D eigenvalue weighted by Gasteiger charge is -2.10. The van der Waals surface area contributed by atoms with E-state index in [0.29, 0.717) is 11.3 Å². The number of halogens is 3. The van der Waals surface area contributed by atoms with Crippen LogP contribution in [0.15, 0.2) is 79.1 Å². The first-order valence-electron chi connectivity index (χ1n) is 10.1. The molecule has 33 heavy (non-hydrogen) atoms. The number of amides is 1. The summed E-state index contributed by atoms with van der Waals surface area (Å²) in [6.45, 7) is -0.876. The van der Waals surface area contributed by atoms with Gasteiger partial charge in [-0.15, -0.1) is 0 Å². The van der Waals surface area contributed by atoms with E-state index in [1.807, 2.05) is 35.0 Å². The second-order valence-electron chi connectivity index (χ2n) is 7.25. The highest BCUT2D eigenvalue weighted by atomic mass is 19.4. The van der Waals surface area contributed by atoms with Crippen molar-refractivity contribution in [2.24, 2.45) is 0 Å². The molecule has 0 fully saturated rings. The minimum Gasteiger partial charge on any atom is -0.487 e. The number of aromatic nitrogens is 2. The average Bonchev–Trinajstić information content (AvgIpc) is 3.23. The van der Waals surface area contributed by atoms with Crippen molar-refractivity contribution in [1.82, 2.24) is 14.7 Å². The highest BCUT2D eigenvalue weighted by Gasteiger charge is 2.28. The molecular weight excluding hydrogens is 435 g/mol. The van der Waals surface area contributed by atoms with Gasteiger partial charge >= 0.3 is 6.18 Å². The van der Waals surface area contributed by atoms with Gasteiger partial charge < -0.3 is 19.2 Å². The van der Waals surface area contributed by atoms with Crippen LogP contribution in [-0.2, 0) is 13.2 Å². The first-order chi connectivity index (χ1) is 15.9. The summed E-state index contributed by atoms with van der Waals surface area (Å²) >= 11 is 0. The van der Waals surface area contributed by atoms with E-state index in [-0.39, 0.29) is 24.8 Å². The van der Waals surface area contributed by atoms with Crippen molar-refractivity contribution < 1.29 is 27.4 Å². The fraction of sp³-hybridized carbons (Fsp3) is 0.167. The molecule has 9 heteroatoms. The predicted molar refractivity (Wildman–Crippen MR) is 115 cm³/mol. The molecule has 0 atom stereocenters. The topological polar surface area (TPSA) is 64.9 Å². The Kier molecular flexibility index (Phi) is 6.48. The van der Waals surface area contributed by atoms with E-state index in [4.69, 9.17) is 4.74 Å². The van der Waals surface area contributed by atoms with Gasteiger partial charge in [-0.2, -0.15) is 13.2 Å². The normalized spacial score (nSPS) is 11.4. The van der Waals surface area contributed by atoms with Gasteiger partial charge in [0.05, 0.1) is 5.69 Å². The maximum absolute atomic E-state index is 12.5.